The predicted octanol–water partition coefficient (Wildman–Crippen LogP) is 4.33. The van der Waals surface area contributed by atoms with Crippen molar-refractivity contribution < 1.29 is 9.84 Å². The number of anilines is 2. The fourth-order valence-electron chi connectivity index (χ4n) is 2.92. The van der Waals surface area contributed by atoms with E-state index in [2.05, 4.69) is 15.3 Å². The molecule has 0 aliphatic carbocycles. The van der Waals surface area contributed by atoms with Crippen molar-refractivity contribution in [2.75, 3.05) is 24.2 Å². The zero-order valence-corrected chi connectivity index (χ0v) is 17.7. The van der Waals surface area contributed by atoms with Crippen molar-refractivity contribution in [3.8, 4) is 5.75 Å². The first-order valence-corrected chi connectivity index (χ1v) is 9.91. The second-order valence-corrected chi connectivity index (χ2v) is 7.30. The van der Waals surface area contributed by atoms with Gasteiger partial charge in [0, 0.05) is 47.5 Å². The number of aromatic nitrogens is 2. The highest BCUT2D eigenvalue weighted by Gasteiger charge is 2.17. The van der Waals surface area contributed by atoms with Crippen LogP contribution in [-0.2, 0) is 0 Å². The summed E-state index contributed by atoms with van der Waals surface area (Å²) in [6.45, 7) is 2.18. The maximum Gasteiger partial charge on any atom is 0.126 e. The molecule has 156 valence electrons. The topological polar surface area (TPSA) is 117 Å². The van der Waals surface area contributed by atoms with Crippen LogP contribution in [0.3, 0.4) is 0 Å². The summed E-state index contributed by atoms with van der Waals surface area (Å²) >= 11 is 12.4. The summed E-state index contributed by atoms with van der Waals surface area (Å²) in [7, 11) is 0. The second kappa shape index (κ2) is 9.75. The molecule has 1 aromatic carbocycles. The van der Waals surface area contributed by atoms with E-state index in [0.29, 0.717) is 50.5 Å². The van der Waals surface area contributed by atoms with Gasteiger partial charge in [0.15, 0.2) is 0 Å². The number of aliphatic hydroxyl groups excluding tert-OH is 1. The molecule has 7 nitrogen and oxygen atoms in total. The summed E-state index contributed by atoms with van der Waals surface area (Å²) in [5.41, 5.74) is 8.57. The Labute approximate surface area is 184 Å². The normalized spacial score (nSPS) is 11.7. The Kier molecular flexibility index (Phi) is 7.10. The number of ether oxygens (including phenoxy) is 1. The molecule has 0 saturated heterocycles. The molecule has 0 fully saturated rings. The van der Waals surface area contributed by atoms with Crippen LogP contribution in [0.25, 0.3) is 0 Å². The minimum Gasteiger partial charge on any atom is -0.486 e. The van der Waals surface area contributed by atoms with Crippen molar-refractivity contribution in [1.29, 1.82) is 5.41 Å². The van der Waals surface area contributed by atoms with Crippen molar-refractivity contribution in [2.45, 2.75) is 13.0 Å². The van der Waals surface area contributed by atoms with E-state index in [0.717, 1.165) is 0 Å². The van der Waals surface area contributed by atoms with Gasteiger partial charge >= 0.3 is 0 Å². The number of hydrogen-bond acceptors (Lipinski definition) is 7. The molecule has 0 unspecified atom stereocenters. The molecule has 0 amide bonds. The lowest BCUT2D eigenvalue weighted by Gasteiger charge is -2.18. The van der Waals surface area contributed by atoms with E-state index < -0.39 is 6.10 Å². The molecule has 1 atom stereocenters. The van der Waals surface area contributed by atoms with Crippen LogP contribution in [0.5, 0.6) is 5.75 Å². The van der Waals surface area contributed by atoms with Crippen LogP contribution in [0.2, 0.25) is 10.0 Å². The summed E-state index contributed by atoms with van der Waals surface area (Å²) in [6.07, 6.45) is 4.18. The second-order valence-electron chi connectivity index (χ2n) is 6.48. The maximum absolute atomic E-state index is 8.96. The fourth-order valence-corrected chi connectivity index (χ4v) is 3.59. The minimum absolute atomic E-state index is 0.0145. The molecule has 2 heterocycles. The highest BCUT2D eigenvalue weighted by Crippen LogP contribution is 2.33. The lowest BCUT2D eigenvalue weighted by atomic mass is 10.0. The molecule has 0 aliphatic rings. The average molecular weight is 446 g/mol. The fraction of sp³-hybridized carbons (Fsp3) is 0.190. The zero-order chi connectivity index (χ0) is 21.7. The number of rotatable bonds is 8. The largest absolute Gasteiger partial charge is 0.486 e. The summed E-state index contributed by atoms with van der Waals surface area (Å²) in [5.74, 6) is 1.08. The number of nitrogens with two attached hydrogens (primary N) is 1. The first-order chi connectivity index (χ1) is 14.4. The standard InChI is InChI=1S/C21H21Cl2N5O2/c1-12(20-16(22)10-26-11-17(20)23)30-14-2-3-18(24)15(9-14)21(25)13-4-5-27-19(8-13)28-6-7-29/h2-5,8-12,25,29H,6-7,24H2,1H3,(H,27,28)/t12-/m1/s1. The SMILES string of the molecule is C[C@@H](Oc1ccc(N)c(C(=N)c2ccnc(NCCO)c2)c1)c1c(Cl)cncc1Cl. The Balaban J connectivity index is 1.86. The number of benzene rings is 1. The van der Waals surface area contributed by atoms with Gasteiger partial charge in [-0.3, -0.25) is 10.4 Å². The van der Waals surface area contributed by atoms with Crippen LogP contribution in [-0.4, -0.2) is 33.9 Å². The van der Waals surface area contributed by atoms with Gasteiger partial charge in [0.25, 0.3) is 0 Å². The molecule has 0 spiro atoms. The van der Waals surface area contributed by atoms with Gasteiger partial charge in [-0.25, -0.2) is 4.98 Å². The lowest BCUT2D eigenvalue weighted by Crippen LogP contribution is -2.10. The Morgan fingerprint density at radius 2 is 1.97 bits per heavy atom. The molecular weight excluding hydrogens is 425 g/mol. The summed E-state index contributed by atoms with van der Waals surface area (Å²) in [5, 5.41) is 21.4. The monoisotopic (exact) mass is 445 g/mol. The molecule has 0 bridgehead atoms. The maximum atomic E-state index is 8.96. The van der Waals surface area contributed by atoms with E-state index in [1.165, 1.54) is 12.4 Å². The van der Waals surface area contributed by atoms with Crippen LogP contribution in [0.15, 0.2) is 48.9 Å². The van der Waals surface area contributed by atoms with Crippen molar-refractivity contribution in [3.63, 3.8) is 0 Å². The predicted molar refractivity (Wildman–Crippen MR) is 120 cm³/mol. The van der Waals surface area contributed by atoms with Crippen molar-refractivity contribution in [3.05, 3.63) is 75.7 Å². The first-order valence-electron chi connectivity index (χ1n) is 9.16. The van der Waals surface area contributed by atoms with Gasteiger partial charge in [-0.15, -0.1) is 0 Å². The lowest BCUT2D eigenvalue weighted by molar-refractivity contribution is 0.227. The van der Waals surface area contributed by atoms with Gasteiger partial charge in [0.05, 0.1) is 22.4 Å². The molecule has 3 rings (SSSR count). The van der Waals surface area contributed by atoms with Gasteiger partial charge < -0.3 is 20.9 Å². The number of nitrogens with one attached hydrogen (secondary N) is 2. The zero-order valence-electron chi connectivity index (χ0n) is 16.2. The Morgan fingerprint density at radius 1 is 1.23 bits per heavy atom. The molecule has 2 aromatic heterocycles. The number of nitrogen functional groups attached to an aromatic ring is 1. The van der Waals surface area contributed by atoms with E-state index in [1.54, 1.807) is 36.5 Å². The van der Waals surface area contributed by atoms with E-state index in [4.69, 9.17) is 44.2 Å². The van der Waals surface area contributed by atoms with Gasteiger partial charge in [-0.1, -0.05) is 23.2 Å². The van der Waals surface area contributed by atoms with Crippen LogP contribution in [0.1, 0.15) is 29.7 Å². The summed E-state index contributed by atoms with van der Waals surface area (Å²) in [4.78, 5) is 8.13. The smallest absolute Gasteiger partial charge is 0.126 e. The number of pyridine rings is 2. The van der Waals surface area contributed by atoms with Crippen LogP contribution in [0, 0.1) is 5.41 Å². The average Bonchev–Trinajstić information content (AvgIpc) is 2.73. The quantitative estimate of drug-likeness (QED) is 0.302. The van der Waals surface area contributed by atoms with Gasteiger partial charge in [-0.2, -0.15) is 0 Å². The third-order valence-corrected chi connectivity index (χ3v) is 4.97. The number of halogens is 2. The van der Waals surface area contributed by atoms with Gasteiger partial charge in [0.1, 0.15) is 17.7 Å². The van der Waals surface area contributed by atoms with E-state index in [1.807, 2.05) is 6.92 Å². The number of nitrogens with zero attached hydrogens (tertiary/aromatic N) is 2. The highest BCUT2D eigenvalue weighted by atomic mass is 35.5. The van der Waals surface area contributed by atoms with E-state index in [9.17, 15) is 0 Å². The van der Waals surface area contributed by atoms with E-state index in [-0.39, 0.29) is 12.3 Å². The Hall–Kier alpha value is -2.87. The third-order valence-electron chi connectivity index (χ3n) is 4.37. The Morgan fingerprint density at radius 3 is 2.67 bits per heavy atom. The van der Waals surface area contributed by atoms with Gasteiger partial charge in [0.2, 0.25) is 0 Å². The first kappa shape index (κ1) is 21.8. The third kappa shape index (κ3) is 4.99. The van der Waals surface area contributed by atoms with Crippen LogP contribution >= 0.6 is 23.2 Å². The van der Waals surface area contributed by atoms with Gasteiger partial charge in [-0.05, 0) is 37.3 Å². The Bertz CT molecular complexity index is 1040. The number of hydrogen-bond donors (Lipinski definition) is 4. The molecule has 0 saturated carbocycles. The molecule has 3 aromatic rings. The molecule has 5 N–H and O–H groups in total. The molecule has 30 heavy (non-hydrogen) atoms. The molecule has 9 heteroatoms. The number of aliphatic hydroxyl groups is 1. The summed E-state index contributed by atoms with van der Waals surface area (Å²) in [6, 6.07) is 8.57. The minimum atomic E-state index is -0.436. The van der Waals surface area contributed by atoms with Crippen molar-refractivity contribution in [2.24, 2.45) is 0 Å². The van der Waals surface area contributed by atoms with E-state index >= 15 is 0 Å². The highest BCUT2D eigenvalue weighted by molar-refractivity contribution is 6.35. The van der Waals surface area contributed by atoms with Crippen molar-refractivity contribution >= 4 is 40.4 Å². The summed E-state index contributed by atoms with van der Waals surface area (Å²) < 4.78 is 6.02. The van der Waals surface area contributed by atoms with Crippen molar-refractivity contribution in [1.82, 2.24) is 9.97 Å². The molecular formula is C21H21Cl2N5O2. The molecule has 0 aliphatic heterocycles. The van der Waals surface area contributed by atoms with Crippen LogP contribution in [0.4, 0.5) is 11.5 Å². The van der Waals surface area contributed by atoms with Crippen LogP contribution < -0.4 is 15.8 Å². The molecule has 0 radical (unpaired) electrons.